The number of pyridine rings is 1. The van der Waals surface area contributed by atoms with E-state index in [0.717, 1.165) is 28.2 Å². The Morgan fingerprint density at radius 3 is 1.56 bits per heavy atom. The molecule has 5 heterocycles. The molecule has 292 valence electrons. The van der Waals surface area contributed by atoms with E-state index in [2.05, 4.69) is 213 Å². The van der Waals surface area contributed by atoms with Crippen molar-refractivity contribution in [3.63, 3.8) is 0 Å². The summed E-state index contributed by atoms with van der Waals surface area (Å²) in [4.78, 5) is 8.08. The van der Waals surface area contributed by atoms with Gasteiger partial charge in [-0.25, -0.2) is 4.98 Å². The SMILES string of the molecule is CC(C)(C)c1ccc2c(c1)c1cc3ccccc3c3c4c5c6c7ccccc7cc7c8cc(C(C)(C)C)cc(N(c9ccccc9)c9ccccc9)c8n(c5ncc4n2c13)c76. The molecular weight excluding hydrogens is 741 g/mol. The van der Waals surface area contributed by atoms with Gasteiger partial charge in [0.1, 0.15) is 5.65 Å². The van der Waals surface area contributed by atoms with Gasteiger partial charge in [-0.3, -0.25) is 4.40 Å². The minimum atomic E-state index is -0.0964. The number of rotatable bonds is 3. The standard InChI is InChI=1S/C57H44N4/c1-56(2,3)35-25-26-45-41(29-35)42-27-33-17-13-15-23-39(33)48-50-47(60(45)53(42)48)32-58-55-51(50)49-40-24-16-14-18-34(40)28-43-44-30-36(57(4,5)6)31-46(52(44)61(55)54(43)49)59(37-19-9-7-10-20-37)38-21-11-8-12-22-38/h7-32H,1-6H3. The van der Waals surface area contributed by atoms with Crippen LogP contribution in [-0.4, -0.2) is 13.8 Å². The van der Waals surface area contributed by atoms with Gasteiger partial charge in [-0.05, 0) is 104 Å². The number of nitrogens with zero attached hydrogens (tertiary/aromatic N) is 4. The molecule has 4 heteroatoms. The Bertz CT molecular complexity index is 3890. The fourth-order valence-electron chi connectivity index (χ4n) is 10.7. The lowest BCUT2D eigenvalue weighted by Gasteiger charge is -2.29. The average molecular weight is 785 g/mol. The molecule has 13 aromatic rings. The lowest BCUT2D eigenvalue weighted by atomic mass is 9.85. The third kappa shape index (κ3) is 4.57. The van der Waals surface area contributed by atoms with Gasteiger partial charge >= 0.3 is 0 Å². The Labute approximate surface area is 353 Å². The number of fused-ring (bicyclic) bond motifs is 17. The summed E-state index contributed by atoms with van der Waals surface area (Å²) in [5, 5.41) is 15.2. The maximum absolute atomic E-state index is 5.63. The molecule has 0 N–H and O–H groups in total. The van der Waals surface area contributed by atoms with Crippen LogP contribution in [0.1, 0.15) is 52.7 Å². The van der Waals surface area contributed by atoms with Crippen molar-refractivity contribution in [1.29, 1.82) is 0 Å². The molecule has 4 nitrogen and oxygen atoms in total. The number of para-hydroxylation sites is 2. The van der Waals surface area contributed by atoms with Crippen LogP contribution in [0.2, 0.25) is 0 Å². The first-order chi connectivity index (χ1) is 29.6. The topological polar surface area (TPSA) is 24.9 Å². The van der Waals surface area contributed by atoms with E-state index >= 15 is 0 Å². The van der Waals surface area contributed by atoms with Gasteiger partial charge in [0.15, 0.2) is 0 Å². The smallest absolute Gasteiger partial charge is 0.146 e. The van der Waals surface area contributed by atoms with Crippen molar-refractivity contribution < 1.29 is 0 Å². The van der Waals surface area contributed by atoms with Crippen LogP contribution >= 0.6 is 0 Å². The molecule has 0 amide bonds. The van der Waals surface area contributed by atoms with Crippen molar-refractivity contribution in [3.05, 3.63) is 169 Å². The Morgan fingerprint density at radius 2 is 0.934 bits per heavy atom. The van der Waals surface area contributed by atoms with E-state index in [4.69, 9.17) is 4.98 Å². The predicted octanol–water partition coefficient (Wildman–Crippen LogP) is 15.8. The highest BCUT2D eigenvalue weighted by Gasteiger charge is 2.31. The van der Waals surface area contributed by atoms with E-state index < -0.39 is 0 Å². The highest BCUT2D eigenvalue weighted by atomic mass is 15.2. The monoisotopic (exact) mass is 784 g/mol. The normalized spacial score (nSPS) is 13.1. The van der Waals surface area contributed by atoms with Gasteiger partial charge in [0, 0.05) is 54.5 Å². The zero-order valence-corrected chi connectivity index (χ0v) is 35.3. The van der Waals surface area contributed by atoms with Gasteiger partial charge in [-0.15, -0.1) is 0 Å². The quantitative estimate of drug-likeness (QED) is 0.178. The summed E-state index contributed by atoms with van der Waals surface area (Å²) in [5.41, 5.74) is 13.0. The van der Waals surface area contributed by atoms with Crippen molar-refractivity contribution in [2.45, 2.75) is 52.4 Å². The van der Waals surface area contributed by atoms with E-state index in [1.54, 1.807) is 0 Å². The van der Waals surface area contributed by atoms with E-state index in [9.17, 15) is 0 Å². The second-order valence-corrected chi connectivity index (χ2v) is 19.3. The van der Waals surface area contributed by atoms with Gasteiger partial charge in [0.05, 0.1) is 39.5 Å². The summed E-state index contributed by atoms with van der Waals surface area (Å²) < 4.78 is 5.04. The first kappa shape index (κ1) is 34.7. The van der Waals surface area contributed by atoms with Crippen molar-refractivity contribution in [2.24, 2.45) is 0 Å². The number of hydrogen-bond acceptors (Lipinski definition) is 2. The highest BCUT2D eigenvalue weighted by Crippen LogP contribution is 2.52. The molecule has 61 heavy (non-hydrogen) atoms. The summed E-state index contributed by atoms with van der Waals surface area (Å²) in [5.74, 6) is 0. The molecule has 8 aromatic carbocycles. The van der Waals surface area contributed by atoms with Crippen molar-refractivity contribution >= 4 is 115 Å². The van der Waals surface area contributed by atoms with Gasteiger partial charge < -0.3 is 9.30 Å². The highest BCUT2D eigenvalue weighted by molar-refractivity contribution is 6.42. The van der Waals surface area contributed by atoms with E-state index in [1.807, 2.05) is 0 Å². The van der Waals surface area contributed by atoms with Crippen molar-refractivity contribution in [3.8, 4) is 0 Å². The number of anilines is 3. The van der Waals surface area contributed by atoms with Crippen molar-refractivity contribution in [2.75, 3.05) is 4.90 Å². The number of hydrogen-bond donors (Lipinski definition) is 0. The largest absolute Gasteiger partial charge is 0.308 e. The molecule has 0 saturated heterocycles. The number of benzene rings is 8. The molecule has 0 bridgehead atoms. The van der Waals surface area contributed by atoms with Crippen LogP contribution in [0.3, 0.4) is 0 Å². The molecule has 0 aliphatic rings. The van der Waals surface area contributed by atoms with E-state index in [-0.39, 0.29) is 10.8 Å². The van der Waals surface area contributed by atoms with Crippen LogP contribution in [0.5, 0.6) is 0 Å². The fourth-order valence-corrected chi connectivity index (χ4v) is 10.7. The first-order valence-electron chi connectivity index (χ1n) is 21.6. The molecule has 0 atom stereocenters. The molecule has 5 aromatic heterocycles. The van der Waals surface area contributed by atoms with Gasteiger partial charge in [0.25, 0.3) is 0 Å². The lowest BCUT2D eigenvalue weighted by molar-refractivity contribution is 0.591. The molecule has 0 aliphatic heterocycles. The Kier molecular flexibility index (Phi) is 6.69. The molecular formula is C57H44N4. The minimum absolute atomic E-state index is 0.0335. The van der Waals surface area contributed by atoms with E-state index in [1.165, 1.54) is 97.8 Å². The summed E-state index contributed by atoms with van der Waals surface area (Å²) in [6.07, 6.45) is 2.17. The molecule has 0 unspecified atom stereocenters. The zero-order valence-electron chi connectivity index (χ0n) is 35.3. The Balaban J connectivity index is 1.30. The molecule has 0 radical (unpaired) electrons. The molecule has 0 saturated carbocycles. The average Bonchev–Trinajstić information content (AvgIpc) is 3.99. The lowest BCUT2D eigenvalue weighted by Crippen LogP contribution is -2.15. The molecule has 0 aliphatic carbocycles. The summed E-state index contributed by atoms with van der Waals surface area (Å²) in [7, 11) is 0. The maximum Gasteiger partial charge on any atom is 0.146 e. The van der Waals surface area contributed by atoms with Gasteiger partial charge in [0.2, 0.25) is 0 Å². The first-order valence-corrected chi connectivity index (χ1v) is 21.6. The van der Waals surface area contributed by atoms with Crippen LogP contribution in [0.25, 0.3) is 97.9 Å². The minimum Gasteiger partial charge on any atom is -0.308 e. The van der Waals surface area contributed by atoms with E-state index in [0.29, 0.717) is 0 Å². The predicted molar refractivity (Wildman–Crippen MR) is 261 cm³/mol. The molecule has 13 rings (SSSR count). The Hall–Kier alpha value is -7.17. The summed E-state index contributed by atoms with van der Waals surface area (Å²) in [6, 6.07) is 56.5. The molecule has 0 spiro atoms. The van der Waals surface area contributed by atoms with Crippen molar-refractivity contribution in [1.82, 2.24) is 13.8 Å². The zero-order chi connectivity index (χ0) is 41.1. The fraction of sp³-hybridized carbons (Fsp3) is 0.140. The van der Waals surface area contributed by atoms with Crippen LogP contribution in [0.15, 0.2) is 158 Å². The second kappa shape index (κ2) is 11.8. The third-order valence-electron chi connectivity index (χ3n) is 13.6. The number of aromatic nitrogens is 3. The second-order valence-electron chi connectivity index (χ2n) is 19.3. The molecule has 0 fully saturated rings. The third-order valence-corrected chi connectivity index (χ3v) is 13.6. The van der Waals surface area contributed by atoms with Crippen LogP contribution in [0.4, 0.5) is 17.1 Å². The van der Waals surface area contributed by atoms with Gasteiger partial charge in [-0.1, -0.05) is 133 Å². The summed E-state index contributed by atoms with van der Waals surface area (Å²) >= 11 is 0. The Morgan fingerprint density at radius 1 is 0.410 bits per heavy atom. The van der Waals surface area contributed by atoms with Crippen LogP contribution in [0, 0.1) is 0 Å². The summed E-state index contributed by atoms with van der Waals surface area (Å²) in [6.45, 7) is 13.9. The van der Waals surface area contributed by atoms with Crippen LogP contribution in [-0.2, 0) is 10.8 Å². The maximum atomic E-state index is 5.63. The van der Waals surface area contributed by atoms with Gasteiger partial charge in [-0.2, -0.15) is 0 Å². The van der Waals surface area contributed by atoms with Crippen LogP contribution < -0.4 is 4.90 Å².